The van der Waals surface area contributed by atoms with E-state index in [0.717, 1.165) is 11.1 Å². The lowest BCUT2D eigenvalue weighted by atomic mass is 9.93. The predicted molar refractivity (Wildman–Crippen MR) is 86.2 cm³/mol. The van der Waals surface area contributed by atoms with Crippen molar-refractivity contribution in [3.05, 3.63) is 71.8 Å². The minimum Gasteiger partial charge on any atom is -0.294 e. The van der Waals surface area contributed by atoms with E-state index < -0.39 is 0 Å². The summed E-state index contributed by atoms with van der Waals surface area (Å²) in [7, 11) is 0. The van der Waals surface area contributed by atoms with Crippen molar-refractivity contribution < 1.29 is 4.79 Å². The van der Waals surface area contributed by atoms with Crippen LogP contribution in [0.5, 0.6) is 0 Å². The second kappa shape index (κ2) is 7.01. The molecule has 0 heterocycles. The number of Topliss-reactive ketones (excluding diaryl/α,β-unsaturated/α-hetero) is 1. The van der Waals surface area contributed by atoms with Crippen LogP contribution in [0.4, 0.5) is 0 Å². The Hall–Kier alpha value is -0.930. The predicted octanol–water partition coefficient (Wildman–Crippen LogP) is 5.02. The first kappa shape index (κ1) is 14.5. The van der Waals surface area contributed by atoms with E-state index in [2.05, 4.69) is 31.9 Å². The van der Waals surface area contributed by atoms with Gasteiger partial charge in [0.15, 0.2) is 5.78 Å². The molecule has 0 radical (unpaired) electrons. The number of rotatable bonds is 5. The average Bonchev–Trinajstić information content (AvgIpc) is 2.49. The van der Waals surface area contributed by atoms with Crippen LogP contribution in [-0.4, -0.2) is 11.1 Å². The minimum absolute atomic E-state index is 0.0146. The molecule has 0 aliphatic rings. The Kier molecular flexibility index (Phi) is 5.34. The van der Waals surface area contributed by atoms with Crippen molar-refractivity contribution in [2.45, 2.75) is 4.83 Å². The Morgan fingerprint density at radius 1 is 0.947 bits per heavy atom. The van der Waals surface area contributed by atoms with Crippen LogP contribution in [0.2, 0.25) is 0 Å². The largest absolute Gasteiger partial charge is 0.294 e. The van der Waals surface area contributed by atoms with Crippen molar-refractivity contribution in [1.29, 1.82) is 0 Å². The van der Waals surface area contributed by atoms with Crippen LogP contribution in [0, 0.1) is 5.92 Å². The molecule has 0 aromatic heterocycles. The van der Waals surface area contributed by atoms with E-state index >= 15 is 0 Å². The van der Waals surface area contributed by atoms with Crippen molar-refractivity contribution in [3.8, 4) is 0 Å². The van der Waals surface area contributed by atoms with Gasteiger partial charge in [0.2, 0.25) is 0 Å². The first-order valence-electron chi connectivity index (χ1n) is 6.08. The molecule has 0 aliphatic heterocycles. The molecule has 98 valence electrons. The van der Waals surface area contributed by atoms with Gasteiger partial charge in [0, 0.05) is 16.8 Å². The molecule has 0 unspecified atom stereocenters. The van der Waals surface area contributed by atoms with Gasteiger partial charge >= 0.3 is 0 Å². The summed E-state index contributed by atoms with van der Waals surface area (Å²) in [6.45, 7) is 0. The Balaban J connectivity index is 2.23. The second-order valence-electron chi connectivity index (χ2n) is 4.30. The maximum atomic E-state index is 12.5. The first-order chi connectivity index (χ1) is 9.24. The normalized spacial score (nSPS) is 13.8. The molecule has 0 saturated carbocycles. The molecule has 0 spiro atoms. The highest BCUT2D eigenvalue weighted by Gasteiger charge is 2.27. The van der Waals surface area contributed by atoms with Crippen LogP contribution < -0.4 is 0 Å². The van der Waals surface area contributed by atoms with Crippen molar-refractivity contribution in [1.82, 2.24) is 0 Å². The van der Waals surface area contributed by atoms with Gasteiger partial charge in [-0.1, -0.05) is 92.5 Å². The van der Waals surface area contributed by atoms with Gasteiger partial charge in [-0.05, 0) is 5.56 Å². The molecule has 3 heteroatoms. The fourth-order valence-electron chi connectivity index (χ4n) is 1.97. The van der Waals surface area contributed by atoms with Crippen LogP contribution in [0.1, 0.15) is 20.7 Å². The smallest absolute Gasteiger partial charge is 0.168 e. The Labute approximate surface area is 130 Å². The summed E-state index contributed by atoms with van der Waals surface area (Å²) in [6.07, 6.45) is 0. The lowest BCUT2D eigenvalue weighted by Gasteiger charge is -2.19. The van der Waals surface area contributed by atoms with Crippen molar-refractivity contribution in [2.24, 2.45) is 5.92 Å². The summed E-state index contributed by atoms with van der Waals surface area (Å²) in [5.41, 5.74) is 1.88. The summed E-state index contributed by atoms with van der Waals surface area (Å²) < 4.78 is 0. The summed E-state index contributed by atoms with van der Waals surface area (Å²) >= 11 is 7.12. The lowest BCUT2D eigenvalue weighted by Crippen LogP contribution is -2.21. The number of ketones is 1. The number of alkyl halides is 2. The standard InChI is InChI=1S/C16H14Br2O/c17-11-14(15(18)12-7-3-1-4-8-12)16(19)13-9-5-2-6-10-13/h1-10,14-15H,11H2/t14-,15+/m1/s1. The number of benzene rings is 2. The molecule has 0 amide bonds. The molecule has 1 nitrogen and oxygen atoms in total. The number of hydrogen-bond donors (Lipinski definition) is 0. The van der Waals surface area contributed by atoms with Gasteiger partial charge < -0.3 is 0 Å². The van der Waals surface area contributed by atoms with E-state index in [0.29, 0.717) is 5.33 Å². The van der Waals surface area contributed by atoms with Crippen molar-refractivity contribution in [3.63, 3.8) is 0 Å². The summed E-state index contributed by atoms with van der Waals surface area (Å²) in [5, 5.41) is 0.630. The van der Waals surface area contributed by atoms with E-state index in [-0.39, 0.29) is 16.5 Å². The molecular weight excluding hydrogens is 368 g/mol. The molecule has 0 saturated heterocycles. The summed E-state index contributed by atoms with van der Waals surface area (Å²) in [6, 6.07) is 19.5. The maximum Gasteiger partial charge on any atom is 0.168 e. The maximum absolute atomic E-state index is 12.5. The molecule has 2 aromatic carbocycles. The zero-order valence-corrected chi connectivity index (χ0v) is 13.5. The van der Waals surface area contributed by atoms with Crippen molar-refractivity contribution in [2.75, 3.05) is 5.33 Å². The monoisotopic (exact) mass is 380 g/mol. The van der Waals surface area contributed by atoms with Crippen LogP contribution in [0.25, 0.3) is 0 Å². The number of hydrogen-bond acceptors (Lipinski definition) is 1. The van der Waals surface area contributed by atoms with E-state index in [9.17, 15) is 4.79 Å². The molecule has 2 aromatic rings. The quantitative estimate of drug-likeness (QED) is 0.525. The summed E-state index contributed by atoms with van der Waals surface area (Å²) in [4.78, 5) is 12.5. The van der Waals surface area contributed by atoms with E-state index in [1.54, 1.807) is 0 Å². The lowest BCUT2D eigenvalue weighted by molar-refractivity contribution is 0.0932. The van der Waals surface area contributed by atoms with Gasteiger partial charge in [-0.15, -0.1) is 0 Å². The van der Waals surface area contributed by atoms with E-state index in [4.69, 9.17) is 0 Å². The van der Waals surface area contributed by atoms with Crippen LogP contribution in [-0.2, 0) is 0 Å². The topological polar surface area (TPSA) is 17.1 Å². The third kappa shape index (κ3) is 3.54. The Morgan fingerprint density at radius 2 is 1.47 bits per heavy atom. The Morgan fingerprint density at radius 3 is 2.00 bits per heavy atom. The number of halogens is 2. The van der Waals surface area contributed by atoms with E-state index in [1.165, 1.54) is 0 Å². The van der Waals surface area contributed by atoms with Crippen LogP contribution in [0.15, 0.2) is 60.7 Å². The van der Waals surface area contributed by atoms with Crippen LogP contribution in [0.3, 0.4) is 0 Å². The molecule has 0 aliphatic carbocycles. The number of carbonyl (C=O) groups is 1. The SMILES string of the molecule is O=C(c1ccccc1)[C@H](CBr)[C@@H](Br)c1ccccc1. The van der Waals surface area contributed by atoms with Gasteiger partial charge in [0.05, 0.1) is 4.83 Å². The average molecular weight is 382 g/mol. The van der Waals surface area contributed by atoms with Crippen molar-refractivity contribution >= 4 is 37.6 Å². The second-order valence-corrected chi connectivity index (χ2v) is 5.94. The third-order valence-corrected chi connectivity index (χ3v) is 4.90. The van der Waals surface area contributed by atoms with Gasteiger partial charge in [-0.25, -0.2) is 0 Å². The van der Waals surface area contributed by atoms with Gasteiger partial charge in [-0.3, -0.25) is 4.79 Å². The zero-order chi connectivity index (χ0) is 13.7. The highest BCUT2D eigenvalue weighted by molar-refractivity contribution is 9.09. The zero-order valence-electron chi connectivity index (χ0n) is 10.3. The fraction of sp³-hybridized carbons (Fsp3) is 0.188. The molecule has 2 rings (SSSR count). The van der Waals surface area contributed by atoms with Crippen LogP contribution >= 0.6 is 31.9 Å². The number of carbonyl (C=O) groups excluding carboxylic acids is 1. The molecular formula is C16H14Br2O. The molecule has 2 atom stereocenters. The summed E-state index contributed by atoms with van der Waals surface area (Å²) in [5.74, 6) is 0.0352. The van der Waals surface area contributed by atoms with Gasteiger partial charge in [0.1, 0.15) is 0 Å². The van der Waals surface area contributed by atoms with E-state index in [1.807, 2.05) is 60.7 Å². The molecule has 0 N–H and O–H groups in total. The highest BCUT2D eigenvalue weighted by Crippen LogP contribution is 2.34. The van der Waals surface area contributed by atoms with Gasteiger partial charge in [-0.2, -0.15) is 0 Å². The highest BCUT2D eigenvalue weighted by atomic mass is 79.9. The molecule has 19 heavy (non-hydrogen) atoms. The third-order valence-electron chi connectivity index (χ3n) is 3.03. The minimum atomic E-state index is -0.121. The fourth-order valence-corrected chi connectivity index (χ4v) is 3.87. The molecule has 0 fully saturated rings. The Bertz CT molecular complexity index is 525. The molecule has 0 bridgehead atoms. The van der Waals surface area contributed by atoms with Gasteiger partial charge in [0.25, 0.3) is 0 Å². The first-order valence-corrected chi connectivity index (χ1v) is 8.12.